The minimum absolute atomic E-state index is 0.101. The van der Waals surface area contributed by atoms with Gasteiger partial charge in [0.15, 0.2) is 0 Å². The summed E-state index contributed by atoms with van der Waals surface area (Å²) in [6.45, 7) is 5.03. The summed E-state index contributed by atoms with van der Waals surface area (Å²) in [5, 5.41) is 6.94. The third kappa shape index (κ3) is 3.13. The van der Waals surface area contributed by atoms with Crippen molar-refractivity contribution in [2.45, 2.75) is 20.4 Å². The van der Waals surface area contributed by atoms with Crippen LogP contribution in [0.1, 0.15) is 21.5 Å². The highest BCUT2D eigenvalue weighted by molar-refractivity contribution is 5.96. The SMILES string of the molecule is Cc1cc(C)c(C(=O)NCCn2cccn2)cc1N. The Labute approximate surface area is 112 Å². The van der Waals surface area contributed by atoms with Gasteiger partial charge in [-0.25, -0.2) is 0 Å². The predicted octanol–water partition coefficient (Wildman–Crippen LogP) is 1.51. The lowest BCUT2D eigenvalue weighted by Gasteiger charge is -2.10. The van der Waals surface area contributed by atoms with Crippen LogP contribution in [0.2, 0.25) is 0 Å². The van der Waals surface area contributed by atoms with Crippen molar-refractivity contribution >= 4 is 11.6 Å². The highest BCUT2D eigenvalue weighted by atomic mass is 16.1. The molecule has 19 heavy (non-hydrogen) atoms. The molecule has 2 aromatic rings. The normalized spacial score (nSPS) is 10.4. The number of nitrogens with two attached hydrogens (primary N) is 1. The van der Waals surface area contributed by atoms with Crippen molar-refractivity contribution in [3.8, 4) is 0 Å². The molecule has 0 spiro atoms. The maximum Gasteiger partial charge on any atom is 0.251 e. The summed E-state index contributed by atoms with van der Waals surface area (Å²) in [6.07, 6.45) is 3.58. The number of amides is 1. The molecule has 5 nitrogen and oxygen atoms in total. The fourth-order valence-electron chi connectivity index (χ4n) is 1.93. The number of anilines is 1. The van der Waals surface area contributed by atoms with E-state index in [-0.39, 0.29) is 5.91 Å². The number of aromatic nitrogens is 2. The number of hydrogen-bond donors (Lipinski definition) is 2. The van der Waals surface area contributed by atoms with E-state index in [0.29, 0.717) is 24.3 Å². The largest absolute Gasteiger partial charge is 0.398 e. The summed E-state index contributed by atoms with van der Waals surface area (Å²) in [4.78, 5) is 12.1. The second-order valence-corrected chi connectivity index (χ2v) is 4.55. The summed E-state index contributed by atoms with van der Waals surface area (Å²) in [7, 11) is 0. The molecule has 1 aromatic carbocycles. The van der Waals surface area contributed by atoms with Crippen LogP contribution in [0.5, 0.6) is 0 Å². The van der Waals surface area contributed by atoms with Crippen molar-refractivity contribution in [2.24, 2.45) is 0 Å². The lowest BCUT2D eigenvalue weighted by molar-refractivity contribution is 0.0951. The summed E-state index contributed by atoms with van der Waals surface area (Å²) in [6, 6.07) is 5.51. The molecular weight excluding hydrogens is 240 g/mol. The van der Waals surface area contributed by atoms with Crippen LogP contribution in [0.3, 0.4) is 0 Å². The van der Waals surface area contributed by atoms with Crippen molar-refractivity contribution < 1.29 is 4.79 Å². The van der Waals surface area contributed by atoms with Gasteiger partial charge in [-0.15, -0.1) is 0 Å². The van der Waals surface area contributed by atoms with Crippen molar-refractivity contribution in [3.05, 3.63) is 47.3 Å². The van der Waals surface area contributed by atoms with E-state index in [1.165, 1.54) is 0 Å². The highest BCUT2D eigenvalue weighted by Gasteiger charge is 2.10. The fraction of sp³-hybridized carbons (Fsp3) is 0.286. The van der Waals surface area contributed by atoms with Crippen LogP contribution < -0.4 is 11.1 Å². The Bertz CT molecular complexity index is 575. The van der Waals surface area contributed by atoms with Crippen LogP contribution in [0, 0.1) is 13.8 Å². The number of carbonyl (C=O) groups is 1. The molecule has 0 saturated carbocycles. The molecule has 1 aromatic heterocycles. The molecule has 1 amide bonds. The fourth-order valence-corrected chi connectivity index (χ4v) is 1.93. The maximum atomic E-state index is 12.1. The van der Waals surface area contributed by atoms with Gasteiger partial charge in [0, 0.05) is 30.2 Å². The first-order valence-electron chi connectivity index (χ1n) is 6.20. The second kappa shape index (κ2) is 5.56. The van der Waals surface area contributed by atoms with Gasteiger partial charge in [-0.05, 0) is 37.1 Å². The van der Waals surface area contributed by atoms with Crippen LogP contribution in [-0.2, 0) is 6.54 Å². The van der Waals surface area contributed by atoms with Crippen LogP contribution >= 0.6 is 0 Å². The van der Waals surface area contributed by atoms with Gasteiger partial charge in [0.25, 0.3) is 5.91 Å². The third-order valence-corrected chi connectivity index (χ3v) is 3.04. The van der Waals surface area contributed by atoms with E-state index in [9.17, 15) is 4.79 Å². The van der Waals surface area contributed by atoms with Crippen LogP contribution in [0.15, 0.2) is 30.6 Å². The van der Waals surface area contributed by atoms with E-state index in [4.69, 9.17) is 5.73 Å². The van der Waals surface area contributed by atoms with E-state index < -0.39 is 0 Å². The molecule has 0 aliphatic rings. The number of nitrogens with zero attached hydrogens (tertiary/aromatic N) is 2. The van der Waals surface area contributed by atoms with Gasteiger partial charge in [0.2, 0.25) is 0 Å². The van der Waals surface area contributed by atoms with Crippen molar-refractivity contribution in [2.75, 3.05) is 12.3 Å². The first-order valence-corrected chi connectivity index (χ1v) is 6.20. The summed E-state index contributed by atoms with van der Waals surface area (Å²) >= 11 is 0. The van der Waals surface area contributed by atoms with E-state index in [0.717, 1.165) is 11.1 Å². The molecule has 0 radical (unpaired) electrons. The molecule has 100 valence electrons. The van der Waals surface area contributed by atoms with E-state index in [1.807, 2.05) is 32.2 Å². The van der Waals surface area contributed by atoms with Gasteiger partial charge < -0.3 is 11.1 Å². The van der Waals surface area contributed by atoms with Crippen molar-refractivity contribution in [1.29, 1.82) is 0 Å². The number of nitrogen functional groups attached to an aromatic ring is 1. The molecule has 3 N–H and O–H groups in total. The number of carbonyl (C=O) groups excluding carboxylic acids is 1. The smallest absolute Gasteiger partial charge is 0.251 e. The van der Waals surface area contributed by atoms with Crippen LogP contribution in [0.4, 0.5) is 5.69 Å². The number of rotatable bonds is 4. The highest BCUT2D eigenvalue weighted by Crippen LogP contribution is 2.17. The molecule has 0 aliphatic carbocycles. The number of hydrogen-bond acceptors (Lipinski definition) is 3. The lowest BCUT2D eigenvalue weighted by Crippen LogP contribution is -2.28. The Hall–Kier alpha value is -2.30. The molecule has 0 unspecified atom stereocenters. The Balaban J connectivity index is 1.98. The average molecular weight is 258 g/mol. The second-order valence-electron chi connectivity index (χ2n) is 4.55. The minimum atomic E-state index is -0.101. The Morgan fingerprint density at radius 1 is 1.37 bits per heavy atom. The zero-order valence-corrected chi connectivity index (χ0v) is 11.2. The number of nitrogens with one attached hydrogen (secondary N) is 1. The summed E-state index contributed by atoms with van der Waals surface area (Å²) < 4.78 is 1.77. The van der Waals surface area contributed by atoms with Crippen molar-refractivity contribution in [3.63, 3.8) is 0 Å². The molecule has 0 aliphatic heterocycles. The lowest BCUT2D eigenvalue weighted by atomic mass is 10.0. The Morgan fingerprint density at radius 2 is 2.16 bits per heavy atom. The topological polar surface area (TPSA) is 72.9 Å². The molecule has 5 heteroatoms. The van der Waals surface area contributed by atoms with Gasteiger partial charge in [-0.2, -0.15) is 5.10 Å². The van der Waals surface area contributed by atoms with Gasteiger partial charge >= 0.3 is 0 Å². The first-order chi connectivity index (χ1) is 9.08. The number of aryl methyl sites for hydroxylation is 2. The summed E-state index contributed by atoms with van der Waals surface area (Å²) in [5.41, 5.74) is 9.03. The van der Waals surface area contributed by atoms with Crippen LogP contribution in [0.25, 0.3) is 0 Å². The monoisotopic (exact) mass is 258 g/mol. The predicted molar refractivity (Wildman–Crippen MR) is 74.9 cm³/mol. The quantitative estimate of drug-likeness (QED) is 0.816. The molecule has 0 atom stereocenters. The Morgan fingerprint density at radius 3 is 2.84 bits per heavy atom. The van der Waals surface area contributed by atoms with Crippen LogP contribution in [-0.4, -0.2) is 22.2 Å². The zero-order chi connectivity index (χ0) is 13.8. The zero-order valence-electron chi connectivity index (χ0n) is 11.2. The van der Waals surface area contributed by atoms with Gasteiger partial charge in [-0.1, -0.05) is 6.07 Å². The number of benzene rings is 1. The van der Waals surface area contributed by atoms with Gasteiger partial charge in [0.1, 0.15) is 0 Å². The molecule has 1 heterocycles. The molecule has 0 fully saturated rings. The van der Waals surface area contributed by atoms with Gasteiger partial charge in [0.05, 0.1) is 6.54 Å². The Kier molecular flexibility index (Phi) is 3.85. The summed E-state index contributed by atoms with van der Waals surface area (Å²) in [5.74, 6) is -0.101. The third-order valence-electron chi connectivity index (χ3n) is 3.04. The molecular formula is C14H18N4O. The van der Waals surface area contributed by atoms with E-state index in [1.54, 1.807) is 16.9 Å². The maximum absolute atomic E-state index is 12.1. The van der Waals surface area contributed by atoms with E-state index in [2.05, 4.69) is 10.4 Å². The molecule has 0 saturated heterocycles. The molecule has 0 bridgehead atoms. The van der Waals surface area contributed by atoms with E-state index >= 15 is 0 Å². The first kappa shape index (κ1) is 13.1. The van der Waals surface area contributed by atoms with Crippen molar-refractivity contribution in [1.82, 2.24) is 15.1 Å². The molecule has 2 rings (SSSR count). The average Bonchev–Trinajstić information content (AvgIpc) is 2.86. The minimum Gasteiger partial charge on any atom is -0.398 e. The standard InChI is InChI=1S/C14H18N4O/c1-10-8-11(2)13(15)9-12(10)14(19)16-5-7-18-6-3-4-17-18/h3-4,6,8-9H,5,7,15H2,1-2H3,(H,16,19). The van der Waals surface area contributed by atoms with Gasteiger partial charge in [-0.3, -0.25) is 9.48 Å².